The number of methoxy groups -OCH3 is 2. The largest absolute Gasteiger partial charge is 0.481 e. The summed E-state index contributed by atoms with van der Waals surface area (Å²) in [7, 11) is 3.18. The molecule has 1 aliphatic carbocycles. The molecule has 0 bridgehead atoms. The van der Waals surface area contributed by atoms with Crippen LogP contribution in [0.2, 0.25) is 0 Å². The van der Waals surface area contributed by atoms with Crippen molar-refractivity contribution in [1.29, 1.82) is 0 Å². The number of anilines is 1. The molecule has 2 aromatic heterocycles. The summed E-state index contributed by atoms with van der Waals surface area (Å²) in [6, 6.07) is 12.9. The molecule has 1 atom stereocenters. The second-order valence-corrected chi connectivity index (χ2v) is 8.71. The molecule has 1 saturated carbocycles. The van der Waals surface area contributed by atoms with E-state index in [1.807, 2.05) is 30.3 Å². The third-order valence-electron chi connectivity index (χ3n) is 6.48. The molecule has 2 fully saturated rings. The number of ether oxygens (including phenoxy) is 3. The molecule has 1 aromatic carbocycles. The van der Waals surface area contributed by atoms with Crippen LogP contribution in [0.4, 0.5) is 5.82 Å². The van der Waals surface area contributed by atoms with Gasteiger partial charge in [-0.15, -0.1) is 10.2 Å². The highest BCUT2D eigenvalue weighted by Crippen LogP contribution is 2.34. The van der Waals surface area contributed by atoms with Crippen molar-refractivity contribution in [2.45, 2.75) is 37.8 Å². The van der Waals surface area contributed by atoms with Crippen molar-refractivity contribution in [3.8, 4) is 34.1 Å². The maximum Gasteiger partial charge on any atom is 0.216 e. The topological polar surface area (TPSA) is 94.5 Å². The third kappa shape index (κ3) is 4.95. The Labute approximate surface area is 199 Å². The second-order valence-electron chi connectivity index (χ2n) is 8.71. The van der Waals surface area contributed by atoms with Crippen LogP contribution in [0.1, 0.15) is 25.7 Å². The van der Waals surface area contributed by atoms with Gasteiger partial charge in [-0.1, -0.05) is 12.5 Å². The average molecular weight is 463 g/mol. The summed E-state index contributed by atoms with van der Waals surface area (Å²) in [5.41, 5.74) is 3.19. The summed E-state index contributed by atoms with van der Waals surface area (Å²) in [5, 5.41) is 12.8. The molecule has 0 radical (unpaired) electrons. The molecule has 2 aliphatic rings. The molecule has 178 valence electrons. The van der Waals surface area contributed by atoms with E-state index in [1.54, 1.807) is 20.3 Å². The lowest BCUT2D eigenvalue weighted by atomic mass is 9.92. The highest BCUT2D eigenvalue weighted by atomic mass is 16.7. The van der Waals surface area contributed by atoms with E-state index in [9.17, 15) is 0 Å². The predicted molar refractivity (Wildman–Crippen MR) is 129 cm³/mol. The molecule has 1 N–H and O–H groups in total. The van der Waals surface area contributed by atoms with Gasteiger partial charge in [0.05, 0.1) is 18.5 Å². The summed E-state index contributed by atoms with van der Waals surface area (Å²) in [6.07, 6.45) is 6.59. The summed E-state index contributed by atoms with van der Waals surface area (Å²) >= 11 is 0. The fraction of sp³-hybridized carbons (Fsp3) is 0.440. The van der Waals surface area contributed by atoms with Crippen molar-refractivity contribution in [1.82, 2.24) is 25.5 Å². The minimum absolute atomic E-state index is 0.123. The Hall–Kier alpha value is -3.30. The Morgan fingerprint density at radius 3 is 2.62 bits per heavy atom. The van der Waals surface area contributed by atoms with E-state index in [0.29, 0.717) is 23.7 Å². The summed E-state index contributed by atoms with van der Waals surface area (Å²) in [5.74, 6) is 2.05. The Morgan fingerprint density at radius 2 is 1.88 bits per heavy atom. The van der Waals surface area contributed by atoms with Crippen LogP contribution in [0.25, 0.3) is 22.5 Å². The number of hydrogen-bond donors (Lipinski definition) is 1. The van der Waals surface area contributed by atoms with E-state index >= 15 is 0 Å². The molecule has 5 rings (SSSR count). The van der Waals surface area contributed by atoms with Crippen molar-refractivity contribution < 1.29 is 14.2 Å². The first-order valence-corrected chi connectivity index (χ1v) is 11.7. The van der Waals surface area contributed by atoms with Gasteiger partial charge in [-0.25, -0.2) is 9.97 Å². The molecule has 3 heterocycles. The summed E-state index contributed by atoms with van der Waals surface area (Å²) in [6.45, 7) is 2.10. The average Bonchev–Trinajstić information content (AvgIpc) is 3.34. The highest BCUT2D eigenvalue weighted by molar-refractivity contribution is 5.73. The van der Waals surface area contributed by atoms with E-state index in [-0.39, 0.29) is 6.79 Å². The maximum atomic E-state index is 5.87. The second kappa shape index (κ2) is 10.3. The standard InChI is InChI=1S/C25H30N6O3/c1-32-16-34-23-12-17(22-13-25(33-2)27-15-26-22)6-7-20(23)21-8-9-24(30-29-21)31-11-10-19(14-31)28-18-4-3-5-18/h6-9,12-13,15,18-19,28H,3-5,10-11,14,16H2,1-2H3/t19-/m0/s1. The van der Waals surface area contributed by atoms with E-state index in [2.05, 4.69) is 30.4 Å². The van der Waals surface area contributed by atoms with E-state index in [1.165, 1.54) is 25.6 Å². The summed E-state index contributed by atoms with van der Waals surface area (Å²) < 4.78 is 16.2. The molecule has 0 unspecified atom stereocenters. The Balaban J connectivity index is 1.34. The Kier molecular flexibility index (Phi) is 6.82. The third-order valence-corrected chi connectivity index (χ3v) is 6.48. The van der Waals surface area contributed by atoms with Crippen molar-refractivity contribution in [2.75, 3.05) is 39.0 Å². The lowest BCUT2D eigenvalue weighted by molar-refractivity contribution is 0.0515. The van der Waals surface area contributed by atoms with Crippen LogP contribution < -0.4 is 19.7 Å². The van der Waals surface area contributed by atoms with Crippen LogP contribution in [0.5, 0.6) is 11.6 Å². The SMILES string of the molecule is COCOc1cc(-c2cc(OC)ncn2)ccc1-c1ccc(N2CC[C@H](NC3CCC3)C2)nn1. The molecule has 1 aliphatic heterocycles. The molecular formula is C25H30N6O3. The smallest absolute Gasteiger partial charge is 0.216 e. The monoisotopic (exact) mass is 462 g/mol. The number of rotatable bonds is 9. The molecule has 0 spiro atoms. The number of aromatic nitrogens is 4. The number of hydrogen-bond acceptors (Lipinski definition) is 9. The van der Waals surface area contributed by atoms with Gasteiger partial charge in [-0.3, -0.25) is 0 Å². The normalized spacial score (nSPS) is 18.1. The maximum absolute atomic E-state index is 5.87. The summed E-state index contributed by atoms with van der Waals surface area (Å²) in [4.78, 5) is 10.7. The Morgan fingerprint density at radius 1 is 0.971 bits per heavy atom. The molecule has 9 heteroatoms. The lowest BCUT2D eigenvalue weighted by Gasteiger charge is -2.29. The predicted octanol–water partition coefficient (Wildman–Crippen LogP) is 3.31. The van der Waals surface area contributed by atoms with Crippen molar-refractivity contribution in [2.24, 2.45) is 0 Å². The van der Waals surface area contributed by atoms with Crippen LogP contribution in [-0.2, 0) is 4.74 Å². The number of benzene rings is 1. The molecular weight excluding hydrogens is 432 g/mol. The van der Waals surface area contributed by atoms with Gasteiger partial charge < -0.3 is 24.4 Å². The van der Waals surface area contributed by atoms with Gasteiger partial charge in [-0.2, -0.15) is 0 Å². The minimum Gasteiger partial charge on any atom is -0.481 e. The van der Waals surface area contributed by atoms with Crippen molar-refractivity contribution >= 4 is 5.82 Å². The Bertz CT molecular complexity index is 1110. The molecule has 34 heavy (non-hydrogen) atoms. The van der Waals surface area contributed by atoms with E-state index in [4.69, 9.17) is 14.2 Å². The fourth-order valence-electron chi connectivity index (χ4n) is 4.39. The van der Waals surface area contributed by atoms with Gasteiger partial charge in [0, 0.05) is 49.5 Å². The van der Waals surface area contributed by atoms with Crippen LogP contribution >= 0.6 is 0 Å². The van der Waals surface area contributed by atoms with Gasteiger partial charge in [-0.05, 0) is 43.5 Å². The zero-order valence-corrected chi connectivity index (χ0v) is 19.6. The zero-order valence-electron chi connectivity index (χ0n) is 19.6. The lowest BCUT2D eigenvalue weighted by Crippen LogP contribution is -2.43. The van der Waals surface area contributed by atoms with Gasteiger partial charge in [0.2, 0.25) is 5.88 Å². The first-order valence-electron chi connectivity index (χ1n) is 11.7. The van der Waals surface area contributed by atoms with E-state index < -0.39 is 0 Å². The first kappa shape index (κ1) is 22.5. The van der Waals surface area contributed by atoms with Crippen LogP contribution in [0.15, 0.2) is 42.7 Å². The fourth-order valence-corrected chi connectivity index (χ4v) is 4.39. The quantitative estimate of drug-likeness (QED) is 0.481. The molecule has 0 amide bonds. The highest BCUT2D eigenvalue weighted by Gasteiger charge is 2.28. The zero-order chi connectivity index (χ0) is 23.3. The molecule has 1 saturated heterocycles. The minimum atomic E-state index is 0.123. The first-order chi connectivity index (χ1) is 16.7. The van der Waals surface area contributed by atoms with Gasteiger partial charge in [0.15, 0.2) is 12.6 Å². The van der Waals surface area contributed by atoms with Crippen LogP contribution in [0, 0.1) is 0 Å². The van der Waals surface area contributed by atoms with Gasteiger partial charge >= 0.3 is 0 Å². The van der Waals surface area contributed by atoms with Gasteiger partial charge in [0.25, 0.3) is 0 Å². The molecule has 9 nitrogen and oxygen atoms in total. The van der Waals surface area contributed by atoms with E-state index in [0.717, 1.165) is 47.8 Å². The van der Waals surface area contributed by atoms with Crippen molar-refractivity contribution in [3.63, 3.8) is 0 Å². The number of nitrogens with one attached hydrogen (secondary N) is 1. The molecule has 3 aromatic rings. The van der Waals surface area contributed by atoms with Crippen LogP contribution in [-0.4, -0.2) is 66.4 Å². The number of nitrogens with zero attached hydrogens (tertiary/aromatic N) is 5. The van der Waals surface area contributed by atoms with Gasteiger partial charge in [0.1, 0.15) is 12.1 Å². The van der Waals surface area contributed by atoms with Crippen LogP contribution in [0.3, 0.4) is 0 Å². The van der Waals surface area contributed by atoms with Crippen molar-refractivity contribution in [3.05, 3.63) is 42.7 Å².